The van der Waals surface area contributed by atoms with Gasteiger partial charge in [-0.15, -0.1) is 0 Å². The molecule has 3 aromatic rings. The number of hydrogen-bond acceptors (Lipinski definition) is 7. The van der Waals surface area contributed by atoms with Crippen LogP contribution in [-0.2, 0) is 24.7 Å². The molecule has 1 saturated heterocycles. The van der Waals surface area contributed by atoms with Crippen molar-refractivity contribution in [3.8, 4) is 11.4 Å². The van der Waals surface area contributed by atoms with Crippen LogP contribution in [0.3, 0.4) is 0 Å². The highest BCUT2D eigenvalue weighted by molar-refractivity contribution is 6.33. The molecule has 2 aliphatic rings. The van der Waals surface area contributed by atoms with Gasteiger partial charge in [-0.2, -0.15) is 5.10 Å². The minimum atomic E-state index is -1.33. The lowest BCUT2D eigenvalue weighted by Gasteiger charge is -2.26. The Morgan fingerprint density at radius 1 is 1.05 bits per heavy atom. The van der Waals surface area contributed by atoms with Crippen molar-refractivity contribution in [1.29, 1.82) is 0 Å². The predicted molar refractivity (Wildman–Crippen MR) is 143 cm³/mol. The number of rotatable bonds is 7. The Bertz CT molecular complexity index is 1400. The molecule has 0 spiro atoms. The van der Waals surface area contributed by atoms with Gasteiger partial charge < -0.3 is 23.7 Å². The van der Waals surface area contributed by atoms with E-state index in [2.05, 4.69) is 6.08 Å². The molecule has 2 heterocycles. The van der Waals surface area contributed by atoms with Gasteiger partial charge in [-0.1, -0.05) is 35.9 Å². The number of benzene rings is 2. The first-order chi connectivity index (χ1) is 18.3. The van der Waals surface area contributed by atoms with Crippen molar-refractivity contribution >= 4 is 23.1 Å². The topological polar surface area (TPSA) is 81.0 Å². The summed E-state index contributed by atoms with van der Waals surface area (Å²) in [6.45, 7) is 2.75. The van der Waals surface area contributed by atoms with Gasteiger partial charge in [0.25, 0.3) is 0 Å². The summed E-state index contributed by atoms with van der Waals surface area (Å²) in [7, 11) is 4.65. The molecule has 2 aromatic carbocycles. The van der Waals surface area contributed by atoms with E-state index in [4.69, 9.17) is 40.4 Å². The molecule has 1 fully saturated rings. The predicted octanol–water partition coefficient (Wildman–Crippen LogP) is 5.32. The molecule has 1 aliphatic carbocycles. The Hall–Kier alpha value is -3.43. The Morgan fingerprint density at radius 3 is 2.39 bits per heavy atom. The molecule has 0 saturated carbocycles. The van der Waals surface area contributed by atoms with Crippen LogP contribution in [0.15, 0.2) is 66.8 Å². The third-order valence-corrected chi connectivity index (χ3v) is 7.24. The zero-order valence-electron chi connectivity index (χ0n) is 21.7. The summed E-state index contributed by atoms with van der Waals surface area (Å²) in [5.74, 6) is -1.14. The highest BCUT2D eigenvalue weighted by Gasteiger charge is 2.44. The van der Waals surface area contributed by atoms with Gasteiger partial charge in [0.05, 0.1) is 55.0 Å². The monoisotopic (exact) mass is 536 g/mol. The van der Waals surface area contributed by atoms with E-state index in [1.54, 1.807) is 32.4 Å². The largest absolute Gasteiger partial charge is 0.497 e. The van der Waals surface area contributed by atoms with Crippen molar-refractivity contribution in [2.75, 3.05) is 34.5 Å². The second-order valence-corrected chi connectivity index (χ2v) is 9.65. The summed E-state index contributed by atoms with van der Waals surface area (Å²) in [5, 5.41) is 5.26. The van der Waals surface area contributed by atoms with E-state index in [0.717, 1.165) is 22.7 Å². The van der Waals surface area contributed by atoms with Crippen molar-refractivity contribution in [3.63, 3.8) is 0 Å². The van der Waals surface area contributed by atoms with Gasteiger partial charge in [0.2, 0.25) is 5.79 Å². The minimum Gasteiger partial charge on any atom is -0.497 e. The number of carbonyl (C=O) groups excluding carboxylic acids is 1. The lowest BCUT2D eigenvalue weighted by Crippen LogP contribution is -2.30. The Morgan fingerprint density at radius 2 is 1.79 bits per heavy atom. The first-order valence-corrected chi connectivity index (χ1v) is 12.6. The van der Waals surface area contributed by atoms with Gasteiger partial charge in [0, 0.05) is 12.7 Å². The molecule has 1 atom stereocenters. The number of esters is 1. The molecule has 1 aromatic heterocycles. The molecule has 38 heavy (non-hydrogen) atoms. The van der Waals surface area contributed by atoms with E-state index in [1.807, 2.05) is 54.1 Å². The lowest BCUT2D eigenvalue weighted by atomic mass is 9.92. The maximum atomic E-state index is 12.4. The minimum absolute atomic E-state index is 0.219. The molecule has 0 amide bonds. The number of carbonyl (C=O) groups is 1. The average molecular weight is 537 g/mol. The quantitative estimate of drug-likeness (QED) is 0.378. The average Bonchev–Trinajstić information content (AvgIpc) is 3.62. The number of methoxy groups -OCH3 is 3. The van der Waals surface area contributed by atoms with Crippen LogP contribution in [0.1, 0.15) is 40.7 Å². The summed E-state index contributed by atoms with van der Waals surface area (Å²) < 4.78 is 30.2. The Balaban J connectivity index is 1.66. The fourth-order valence-corrected chi connectivity index (χ4v) is 4.79. The third-order valence-electron chi connectivity index (χ3n) is 6.91. The summed E-state index contributed by atoms with van der Waals surface area (Å²) in [5.41, 5.74) is 3.63. The second-order valence-electron chi connectivity index (χ2n) is 9.24. The molecule has 0 bridgehead atoms. The van der Waals surface area contributed by atoms with Crippen molar-refractivity contribution < 1.29 is 28.5 Å². The maximum Gasteiger partial charge on any atom is 0.339 e. The third kappa shape index (κ3) is 4.65. The smallest absolute Gasteiger partial charge is 0.339 e. The Kier molecular flexibility index (Phi) is 7.15. The van der Waals surface area contributed by atoms with Crippen LogP contribution in [0.4, 0.5) is 0 Å². The standard InChI is InChI=1S/C29H29ClN2O6/c1-28(36-4)13-11-19(12-14-28)25-18-26(31-32(25)21-6-8-22(34-2)9-7-21)29(37-15-16-38-29)20-5-10-24(30)23(17-20)27(33)35-3/h5-13,17-18H,14-16H2,1-4H3. The Labute approximate surface area is 226 Å². The zero-order chi connectivity index (χ0) is 26.9. The van der Waals surface area contributed by atoms with Crippen LogP contribution in [0, 0.1) is 0 Å². The zero-order valence-corrected chi connectivity index (χ0v) is 22.4. The van der Waals surface area contributed by atoms with Crippen LogP contribution in [0.25, 0.3) is 11.3 Å². The van der Waals surface area contributed by atoms with Gasteiger partial charge in [-0.25, -0.2) is 9.48 Å². The van der Waals surface area contributed by atoms with Crippen molar-refractivity contribution in [1.82, 2.24) is 9.78 Å². The maximum absolute atomic E-state index is 12.4. The normalized spacial score (nSPS) is 20.3. The SMILES string of the molecule is COC(=O)c1cc(C2(c3cc(C4=CCC(C)(OC)C=C4)n(-c4ccc(OC)cc4)n3)OCCO2)ccc1Cl. The van der Waals surface area contributed by atoms with Crippen LogP contribution in [-0.4, -0.2) is 55.9 Å². The molecule has 1 unspecified atom stereocenters. The van der Waals surface area contributed by atoms with Crippen molar-refractivity contribution in [2.45, 2.75) is 24.7 Å². The molecule has 0 N–H and O–H groups in total. The summed E-state index contributed by atoms with van der Waals surface area (Å²) in [4.78, 5) is 12.4. The molecular weight excluding hydrogens is 508 g/mol. The van der Waals surface area contributed by atoms with Gasteiger partial charge in [-0.05, 0) is 61.4 Å². The molecular formula is C29H29ClN2O6. The first kappa shape index (κ1) is 26.2. The van der Waals surface area contributed by atoms with E-state index in [-0.39, 0.29) is 16.2 Å². The molecule has 0 radical (unpaired) electrons. The van der Waals surface area contributed by atoms with Gasteiger partial charge >= 0.3 is 5.97 Å². The van der Waals surface area contributed by atoms with Gasteiger partial charge in [0.15, 0.2) is 0 Å². The fraction of sp³-hybridized carbons (Fsp3) is 0.310. The van der Waals surface area contributed by atoms with Crippen LogP contribution in [0.5, 0.6) is 5.75 Å². The number of halogens is 1. The van der Waals surface area contributed by atoms with E-state index < -0.39 is 11.8 Å². The van der Waals surface area contributed by atoms with E-state index in [1.165, 1.54) is 7.11 Å². The van der Waals surface area contributed by atoms with Gasteiger partial charge in [-0.3, -0.25) is 0 Å². The summed E-state index contributed by atoms with van der Waals surface area (Å²) in [6, 6.07) is 14.6. The number of allylic oxidation sites excluding steroid dienone is 2. The van der Waals surface area contributed by atoms with Crippen LogP contribution >= 0.6 is 11.6 Å². The van der Waals surface area contributed by atoms with E-state index >= 15 is 0 Å². The highest BCUT2D eigenvalue weighted by atomic mass is 35.5. The molecule has 8 nitrogen and oxygen atoms in total. The number of aromatic nitrogens is 2. The number of hydrogen-bond donors (Lipinski definition) is 0. The highest BCUT2D eigenvalue weighted by Crippen LogP contribution is 2.41. The lowest BCUT2D eigenvalue weighted by molar-refractivity contribution is -0.133. The van der Waals surface area contributed by atoms with Crippen molar-refractivity contribution in [2.24, 2.45) is 0 Å². The van der Waals surface area contributed by atoms with Crippen LogP contribution < -0.4 is 4.74 Å². The van der Waals surface area contributed by atoms with Crippen molar-refractivity contribution in [3.05, 3.63) is 94.3 Å². The number of nitrogens with zero attached hydrogens (tertiary/aromatic N) is 2. The summed E-state index contributed by atoms with van der Waals surface area (Å²) in [6.07, 6.45) is 6.92. The molecule has 9 heteroatoms. The molecule has 198 valence electrons. The molecule has 1 aliphatic heterocycles. The van der Waals surface area contributed by atoms with Crippen LogP contribution in [0.2, 0.25) is 5.02 Å². The van der Waals surface area contributed by atoms with Gasteiger partial charge in [0.1, 0.15) is 11.4 Å². The fourth-order valence-electron chi connectivity index (χ4n) is 4.60. The first-order valence-electron chi connectivity index (χ1n) is 12.2. The second kappa shape index (κ2) is 10.4. The van der Waals surface area contributed by atoms with E-state index in [0.29, 0.717) is 30.9 Å². The summed E-state index contributed by atoms with van der Waals surface area (Å²) >= 11 is 6.30. The number of ether oxygens (including phenoxy) is 5. The van der Waals surface area contributed by atoms with E-state index in [9.17, 15) is 4.79 Å². The molecule has 5 rings (SSSR count).